The first kappa shape index (κ1) is 27.5. The second-order valence-corrected chi connectivity index (χ2v) is 9.48. The van der Waals surface area contributed by atoms with Crippen molar-refractivity contribution in [1.29, 1.82) is 0 Å². The maximum Gasteiger partial charge on any atom is 0.257 e. The van der Waals surface area contributed by atoms with E-state index < -0.39 is 13.0 Å². The molecule has 0 unspecified atom stereocenters. The fourth-order valence-corrected chi connectivity index (χ4v) is 4.72. The number of benzene rings is 2. The Kier molecular flexibility index (Phi) is 8.90. The zero-order chi connectivity index (χ0) is 27.2. The predicted molar refractivity (Wildman–Crippen MR) is 143 cm³/mol. The van der Waals surface area contributed by atoms with E-state index in [-0.39, 0.29) is 24.9 Å². The second-order valence-electron chi connectivity index (χ2n) is 9.48. The summed E-state index contributed by atoms with van der Waals surface area (Å²) < 4.78 is 27.5. The van der Waals surface area contributed by atoms with Gasteiger partial charge in [0.15, 0.2) is 0 Å². The molecule has 2 amide bonds. The number of nitrogens with zero attached hydrogens (tertiary/aromatic N) is 5. The van der Waals surface area contributed by atoms with Gasteiger partial charge in [-0.1, -0.05) is 31.2 Å². The lowest BCUT2D eigenvalue weighted by molar-refractivity contribution is -0.145. The van der Waals surface area contributed by atoms with Crippen molar-refractivity contribution in [3.05, 3.63) is 59.3 Å². The number of nitrogens with one attached hydrogen (secondary N) is 2. The van der Waals surface area contributed by atoms with E-state index >= 15 is 0 Å². The van der Waals surface area contributed by atoms with E-state index in [0.29, 0.717) is 37.4 Å². The number of aromatic nitrogens is 2. The van der Waals surface area contributed by atoms with Crippen LogP contribution in [0.15, 0.2) is 42.6 Å². The highest BCUT2D eigenvalue weighted by Crippen LogP contribution is 2.28. The summed E-state index contributed by atoms with van der Waals surface area (Å²) in [4.78, 5) is 28.0. The van der Waals surface area contributed by atoms with E-state index in [1.54, 1.807) is 29.2 Å². The highest BCUT2D eigenvalue weighted by Gasteiger charge is 2.27. The SMILES string of the molecule is CCNCCNC(=O)CN(CC(=O)N(C)N1Cc2ccccc2C1)c1cc2c(cnn2CC(F)F)cc1C. The molecule has 4 rings (SSSR count). The number of carbonyl (C=O) groups excluding carboxylic acids is 2. The molecule has 0 fully saturated rings. The number of likely N-dealkylation sites (N-methyl/N-ethyl adjacent to an activating group) is 2. The first-order chi connectivity index (χ1) is 18.3. The van der Waals surface area contributed by atoms with Gasteiger partial charge in [0.05, 0.1) is 24.8 Å². The van der Waals surface area contributed by atoms with Crippen molar-refractivity contribution in [2.45, 2.75) is 39.9 Å². The zero-order valence-electron chi connectivity index (χ0n) is 22.1. The van der Waals surface area contributed by atoms with Gasteiger partial charge in [0.25, 0.3) is 12.3 Å². The predicted octanol–water partition coefficient (Wildman–Crippen LogP) is 2.53. The minimum Gasteiger partial charge on any atom is -0.353 e. The molecule has 0 spiro atoms. The van der Waals surface area contributed by atoms with Crippen molar-refractivity contribution in [3.63, 3.8) is 0 Å². The van der Waals surface area contributed by atoms with Crippen LogP contribution in [0.3, 0.4) is 0 Å². The van der Waals surface area contributed by atoms with Gasteiger partial charge >= 0.3 is 0 Å². The average Bonchev–Trinajstić information content (AvgIpc) is 3.48. The van der Waals surface area contributed by atoms with Crippen LogP contribution in [0, 0.1) is 6.92 Å². The molecule has 2 N–H and O–H groups in total. The van der Waals surface area contributed by atoms with Gasteiger partial charge in [-0.05, 0) is 42.3 Å². The van der Waals surface area contributed by atoms with Crippen LogP contribution in [-0.4, -0.2) is 77.8 Å². The topological polar surface area (TPSA) is 85.7 Å². The quantitative estimate of drug-likeness (QED) is 0.352. The summed E-state index contributed by atoms with van der Waals surface area (Å²) in [6.07, 6.45) is -1.00. The molecule has 0 aliphatic carbocycles. The Hall–Kier alpha value is -3.57. The summed E-state index contributed by atoms with van der Waals surface area (Å²) in [5.74, 6) is -0.411. The van der Waals surface area contributed by atoms with Crippen molar-refractivity contribution >= 4 is 28.4 Å². The number of hydrogen-bond donors (Lipinski definition) is 2. The molecule has 0 atom stereocenters. The Morgan fingerprint density at radius 2 is 1.82 bits per heavy atom. The molecule has 9 nitrogen and oxygen atoms in total. The van der Waals surface area contributed by atoms with Crippen LogP contribution in [0.2, 0.25) is 0 Å². The molecule has 1 aromatic heterocycles. The van der Waals surface area contributed by atoms with Crippen LogP contribution in [0.25, 0.3) is 10.9 Å². The van der Waals surface area contributed by atoms with Crippen molar-refractivity contribution in [2.75, 3.05) is 44.7 Å². The smallest absolute Gasteiger partial charge is 0.257 e. The maximum atomic E-state index is 13.5. The third kappa shape index (κ3) is 6.46. The number of fused-ring (bicyclic) bond motifs is 2. The van der Waals surface area contributed by atoms with Crippen LogP contribution in [0.5, 0.6) is 0 Å². The molecule has 2 aromatic carbocycles. The van der Waals surface area contributed by atoms with E-state index in [4.69, 9.17) is 0 Å². The van der Waals surface area contributed by atoms with Gasteiger partial charge in [0.2, 0.25) is 5.91 Å². The summed E-state index contributed by atoms with van der Waals surface area (Å²) in [6.45, 7) is 6.37. The number of halogens is 2. The summed E-state index contributed by atoms with van der Waals surface area (Å²) in [7, 11) is 1.73. The molecular formula is C27H35F2N7O2. The normalized spacial score (nSPS) is 13.2. The Bertz CT molecular complexity index is 1250. The van der Waals surface area contributed by atoms with Crippen molar-refractivity contribution in [2.24, 2.45) is 0 Å². The second kappa shape index (κ2) is 12.3. The molecule has 0 saturated heterocycles. The minimum atomic E-state index is -2.55. The van der Waals surface area contributed by atoms with E-state index in [0.717, 1.165) is 17.5 Å². The largest absolute Gasteiger partial charge is 0.353 e. The average molecular weight is 528 g/mol. The van der Waals surface area contributed by atoms with Crippen LogP contribution < -0.4 is 15.5 Å². The van der Waals surface area contributed by atoms with Crippen LogP contribution in [0.1, 0.15) is 23.6 Å². The standard InChI is InChI=1S/C27H35F2N7O2/c1-4-30-9-10-31-26(37)17-34(18-27(38)33(3)35-14-20-7-5-6-8-21(20)15-35)23-12-24-22(11-19(23)2)13-32-36(24)16-25(28)29/h5-8,11-13,25,30H,4,9-10,14-18H2,1-3H3,(H,31,37). The highest BCUT2D eigenvalue weighted by atomic mass is 19.3. The first-order valence-corrected chi connectivity index (χ1v) is 12.8. The molecule has 1 aliphatic heterocycles. The van der Waals surface area contributed by atoms with Gasteiger partial charge in [-0.2, -0.15) is 5.10 Å². The molecule has 38 heavy (non-hydrogen) atoms. The third-order valence-corrected chi connectivity index (χ3v) is 6.75. The molecule has 0 bridgehead atoms. The number of aryl methyl sites for hydroxylation is 1. The fraction of sp³-hybridized carbons (Fsp3) is 0.444. The summed E-state index contributed by atoms with van der Waals surface area (Å²) in [5, 5.41) is 14.4. The lowest BCUT2D eigenvalue weighted by Gasteiger charge is -2.32. The lowest BCUT2D eigenvalue weighted by Crippen LogP contribution is -2.48. The molecule has 2 heterocycles. The number of anilines is 1. The number of hydrazine groups is 1. The molecule has 0 radical (unpaired) electrons. The number of rotatable bonds is 12. The van der Waals surface area contributed by atoms with Gasteiger partial charge in [0.1, 0.15) is 6.54 Å². The van der Waals surface area contributed by atoms with E-state index in [9.17, 15) is 18.4 Å². The molecule has 3 aromatic rings. The van der Waals surface area contributed by atoms with Crippen LogP contribution in [0.4, 0.5) is 14.5 Å². The summed E-state index contributed by atoms with van der Waals surface area (Å²) >= 11 is 0. The molecule has 0 saturated carbocycles. The van der Waals surface area contributed by atoms with E-state index in [1.807, 2.05) is 37.1 Å². The van der Waals surface area contributed by atoms with Gasteiger partial charge in [-0.3, -0.25) is 19.3 Å². The Morgan fingerprint density at radius 1 is 1.11 bits per heavy atom. The van der Waals surface area contributed by atoms with Crippen molar-refractivity contribution in [3.8, 4) is 0 Å². The highest BCUT2D eigenvalue weighted by molar-refractivity contribution is 5.90. The zero-order valence-corrected chi connectivity index (χ0v) is 22.1. The number of amides is 2. The molecule has 204 valence electrons. The minimum absolute atomic E-state index is 0.0543. The van der Waals surface area contributed by atoms with Crippen molar-refractivity contribution in [1.82, 2.24) is 30.4 Å². The maximum absolute atomic E-state index is 13.5. The van der Waals surface area contributed by atoms with Gasteiger partial charge in [-0.25, -0.2) is 13.8 Å². The van der Waals surface area contributed by atoms with Crippen LogP contribution >= 0.6 is 0 Å². The van der Waals surface area contributed by atoms with E-state index in [1.165, 1.54) is 15.8 Å². The first-order valence-electron chi connectivity index (χ1n) is 12.8. The fourth-order valence-electron chi connectivity index (χ4n) is 4.72. The summed E-state index contributed by atoms with van der Waals surface area (Å²) in [6, 6.07) is 11.7. The number of carbonyl (C=O) groups is 2. The monoisotopic (exact) mass is 527 g/mol. The molecule has 11 heteroatoms. The van der Waals surface area contributed by atoms with Crippen LogP contribution in [-0.2, 0) is 29.2 Å². The lowest BCUT2D eigenvalue weighted by atomic mass is 10.1. The summed E-state index contributed by atoms with van der Waals surface area (Å²) in [5.41, 5.74) is 4.33. The number of alkyl halides is 2. The van der Waals surface area contributed by atoms with E-state index in [2.05, 4.69) is 27.9 Å². The Balaban J connectivity index is 1.56. The molecule has 1 aliphatic rings. The van der Waals surface area contributed by atoms with Gasteiger partial charge in [-0.15, -0.1) is 0 Å². The van der Waals surface area contributed by atoms with Crippen molar-refractivity contribution < 1.29 is 18.4 Å². The van der Waals surface area contributed by atoms with Gasteiger partial charge < -0.3 is 15.5 Å². The van der Waals surface area contributed by atoms with Gasteiger partial charge in [0, 0.05) is 44.3 Å². The Morgan fingerprint density at radius 3 is 2.47 bits per heavy atom. The molecular weight excluding hydrogens is 492 g/mol. The Labute approximate surface area is 221 Å². The number of hydrogen-bond acceptors (Lipinski definition) is 6. The third-order valence-electron chi connectivity index (χ3n) is 6.75.